The number of nitrogens with two attached hydrogens (primary N) is 1. The van der Waals surface area contributed by atoms with Crippen LogP contribution in [0.4, 0.5) is 0 Å². The maximum absolute atomic E-state index is 5.81. The van der Waals surface area contributed by atoms with Gasteiger partial charge < -0.3 is 5.73 Å². The van der Waals surface area contributed by atoms with E-state index in [-0.39, 0.29) is 0 Å². The van der Waals surface area contributed by atoms with Gasteiger partial charge in [0.25, 0.3) is 0 Å². The second kappa shape index (κ2) is 5.34. The summed E-state index contributed by atoms with van der Waals surface area (Å²) in [5.74, 6) is 1.56. The van der Waals surface area contributed by atoms with Gasteiger partial charge in [-0.3, -0.25) is 5.10 Å². The van der Waals surface area contributed by atoms with Gasteiger partial charge in [-0.25, -0.2) is 4.98 Å². The summed E-state index contributed by atoms with van der Waals surface area (Å²) >= 11 is 7.34. The lowest BCUT2D eigenvalue weighted by molar-refractivity contribution is 0.971. The zero-order chi connectivity index (χ0) is 11.4. The Labute approximate surface area is 103 Å². The Morgan fingerprint density at radius 3 is 2.75 bits per heavy atom. The van der Waals surface area contributed by atoms with Crippen molar-refractivity contribution in [1.29, 1.82) is 0 Å². The number of aromatic amines is 1. The minimum Gasteiger partial charge on any atom is -0.330 e. The van der Waals surface area contributed by atoms with Gasteiger partial charge in [-0.05, 0) is 24.3 Å². The number of nitrogens with one attached hydrogen (secondary N) is 1. The molecule has 1 aromatic heterocycles. The third kappa shape index (κ3) is 2.75. The number of halogens is 1. The molecule has 0 unspecified atom stereocenters. The molecule has 0 atom stereocenters. The van der Waals surface area contributed by atoms with E-state index in [1.54, 1.807) is 0 Å². The van der Waals surface area contributed by atoms with Gasteiger partial charge >= 0.3 is 0 Å². The smallest absolute Gasteiger partial charge is 0.208 e. The molecule has 0 saturated carbocycles. The van der Waals surface area contributed by atoms with Gasteiger partial charge in [0.05, 0.1) is 0 Å². The van der Waals surface area contributed by atoms with Gasteiger partial charge in [-0.15, -0.1) is 5.10 Å². The Bertz CT molecular complexity index is 454. The SMILES string of the molecule is NCCSc1n[nH]c(-c2ccc(Cl)cc2)n1. The first kappa shape index (κ1) is 11.4. The lowest BCUT2D eigenvalue weighted by Crippen LogP contribution is -2.01. The number of thioether (sulfide) groups is 1. The molecular weight excluding hydrogens is 244 g/mol. The Kier molecular flexibility index (Phi) is 3.82. The van der Waals surface area contributed by atoms with Crippen LogP contribution in [0.25, 0.3) is 11.4 Å². The highest BCUT2D eigenvalue weighted by Crippen LogP contribution is 2.20. The topological polar surface area (TPSA) is 67.6 Å². The molecule has 16 heavy (non-hydrogen) atoms. The van der Waals surface area contributed by atoms with E-state index < -0.39 is 0 Å². The maximum Gasteiger partial charge on any atom is 0.208 e. The normalized spacial score (nSPS) is 10.6. The number of H-pyrrole nitrogens is 1. The molecule has 3 N–H and O–H groups in total. The van der Waals surface area contributed by atoms with E-state index in [4.69, 9.17) is 17.3 Å². The molecule has 0 radical (unpaired) electrons. The van der Waals surface area contributed by atoms with Crippen LogP contribution in [0.3, 0.4) is 0 Å². The van der Waals surface area contributed by atoms with Gasteiger partial charge in [0, 0.05) is 22.9 Å². The number of nitrogens with zero attached hydrogens (tertiary/aromatic N) is 2. The molecular formula is C10H11ClN4S. The summed E-state index contributed by atoms with van der Waals surface area (Å²) in [7, 11) is 0. The van der Waals surface area contributed by atoms with Crippen molar-refractivity contribution in [3.8, 4) is 11.4 Å². The van der Waals surface area contributed by atoms with Crippen molar-refractivity contribution in [3.63, 3.8) is 0 Å². The standard InChI is InChI=1S/C10H11ClN4S/c11-8-3-1-7(2-4-8)9-13-10(15-14-9)16-6-5-12/h1-4H,5-6,12H2,(H,13,14,15). The minimum absolute atomic E-state index is 0.621. The third-order valence-corrected chi connectivity index (χ3v) is 3.06. The van der Waals surface area contributed by atoms with Crippen LogP contribution in [0.1, 0.15) is 0 Å². The molecule has 1 aromatic carbocycles. The van der Waals surface area contributed by atoms with Crippen molar-refractivity contribution in [2.75, 3.05) is 12.3 Å². The molecule has 0 aliphatic rings. The van der Waals surface area contributed by atoms with Gasteiger partial charge in [0.2, 0.25) is 5.16 Å². The molecule has 0 fully saturated rings. The van der Waals surface area contributed by atoms with Crippen molar-refractivity contribution in [3.05, 3.63) is 29.3 Å². The van der Waals surface area contributed by atoms with Crippen molar-refractivity contribution < 1.29 is 0 Å². The molecule has 0 bridgehead atoms. The van der Waals surface area contributed by atoms with Gasteiger partial charge in [0.15, 0.2) is 5.82 Å². The van der Waals surface area contributed by atoms with Crippen LogP contribution >= 0.6 is 23.4 Å². The van der Waals surface area contributed by atoms with E-state index >= 15 is 0 Å². The molecule has 6 heteroatoms. The zero-order valence-corrected chi connectivity index (χ0v) is 10.1. The summed E-state index contributed by atoms with van der Waals surface area (Å²) in [6.45, 7) is 0.621. The van der Waals surface area contributed by atoms with Crippen molar-refractivity contribution in [1.82, 2.24) is 15.2 Å². The lowest BCUT2D eigenvalue weighted by atomic mass is 10.2. The predicted molar refractivity (Wildman–Crippen MR) is 66.6 cm³/mol. The molecule has 0 aliphatic carbocycles. The van der Waals surface area contributed by atoms with Crippen molar-refractivity contribution in [2.45, 2.75) is 5.16 Å². The second-order valence-corrected chi connectivity index (χ2v) is 4.61. The molecule has 84 valence electrons. The number of rotatable bonds is 4. The fourth-order valence-electron chi connectivity index (χ4n) is 1.20. The van der Waals surface area contributed by atoms with E-state index in [1.165, 1.54) is 11.8 Å². The molecule has 2 rings (SSSR count). The van der Waals surface area contributed by atoms with Crippen molar-refractivity contribution in [2.24, 2.45) is 5.73 Å². The van der Waals surface area contributed by atoms with Crippen LogP contribution in [0.2, 0.25) is 5.02 Å². The van der Waals surface area contributed by atoms with Gasteiger partial charge in [-0.2, -0.15) is 0 Å². The largest absolute Gasteiger partial charge is 0.330 e. The lowest BCUT2D eigenvalue weighted by Gasteiger charge is -1.95. The minimum atomic E-state index is 0.621. The van der Waals surface area contributed by atoms with Crippen LogP contribution in [0, 0.1) is 0 Å². The summed E-state index contributed by atoms with van der Waals surface area (Å²) < 4.78 is 0. The Balaban J connectivity index is 2.15. The first-order chi connectivity index (χ1) is 7.79. The molecule has 0 aliphatic heterocycles. The summed E-state index contributed by atoms with van der Waals surface area (Å²) in [6, 6.07) is 7.46. The van der Waals surface area contributed by atoms with Crippen LogP contribution < -0.4 is 5.73 Å². The Morgan fingerprint density at radius 2 is 2.06 bits per heavy atom. The zero-order valence-electron chi connectivity index (χ0n) is 8.48. The van der Waals surface area contributed by atoms with E-state index in [0.717, 1.165) is 22.3 Å². The first-order valence-corrected chi connectivity index (χ1v) is 6.17. The van der Waals surface area contributed by atoms with E-state index in [1.807, 2.05) is 24.3 Å². The highest BCUT2D eigenvalue weighted by atomic mass is 35.5. The fourth-order valence-corrected chi connectivity index (χ4v) is 1.89. The summed E-state index contributed by atoms with van der Waals surface area (Å²) in [5.41, 5.74) is 6.38. The summed E-state index contributed by atoms with van der Waals surface area (Å²) in [4.78, 5) is 4.35. The quantitative estimate of drug-likeness (QED) is 0.821. The highest BCUT2D eigenvalue weighted by Gasteiger charge is 2.05. The number of benzene rings is 1. The molecule has 4 nitrogen and oxygen atoms in total. The first-order valence-electron chi connectivity index (χ1n) is 4.81. The van der Waals surface area contributed by atoms with E-state index in [9.17, 15) is 0 Å². The van der Waals surface area contributed by atoms with Crippen molar-refractivity contribution >= 4 is 23.4 Å². The molecule has 0 saturated heterocycles. The Morgan fingerprint density at radius 1 is 1.31 bits per heavy atom. The summed E-state index contributed by atoms with van der Waals surface area (Å²) in [5, 5.41) is 8.40. The molecule has 2 aromatic rings. The number of hydrogen-bond acceptors (Lipinski definition) is 4. The molecule has 0 amide bonds. The maximum atomic E-state index is 5.81. The second-order valence-electron chi connectivity index (χ2n) is 3.11. The molecule has 0 spiro atoms. The van der Waals surface area contributed by atoms with Crippen LogP contribution in [-0.2, 0) is 0 Å². The highest BCUT2D eigenvalue weighted by molar-refractivity contribution is 7.99. The monoisotopic (exact) mass is 254 g/mol. The third-order valence-electron chi connectivity index (χ3n) is 1.93. The van der Waals surface area contributed by atoms with Crippen LogP contribution in [0.15, 0.2) is 29.4 Å². The number of aromatic nitrogens is 3. The van der Waals surface area contributed by atoms with Gasteiger partial charge in [-0.1, -0.05) is 23.4 Å². The molecule has 1 heterocycles. The van der Waals surface area contributed by atoms with E-state index in [0.29, 0.717) is 11.6 Å². The fraction of sp³-hybridized carbons (Fsp3) is 0.200. The van der Waals surface area contributed by atoms with Crippen LogP contribution in [0.5, 0.6) is 0 Å². The van der Waals surface area contributed by atoms with Crippen LogP contribution in [-0.4, -0.2) is 27.5 Å². The predicted octanol–water partition coefficient (Wildman–Crippen LogP) is 2.18. The Hall–Kier alpha value is -1.04. The van der Waals surface area contributed by atoms with E-state index in [2.05, 4.69) is 15.2 Å². The average Bonchev–Trinajstić information content (AvgIpc) is 2.76. The average molecular weight is 255 g/mol. The van der Waals surface area contributed by atoms with Gasteiger partial charge in [0.1, 0.15) is 0 Å². The summed E-state index contributed by atoms with van der Waals surface area (Å²) in [6.07, 6.45) is 0. The number of hydrogen-bond donors (Lipinski definition) is 2.